The van der Waals surface area contributed by atoms with Gasteiger partial charge in [0.25, 0.3) is 0 Å². The topological polar surface area (TPSA) is 98.8 Å². The molecule has 1 atom stereocenters. The molecule has 1 aliphatic carbocycles. The third kappa shape index (κ3) is 6.65. The summed E-state index contributed by atoms with van der Waals surface area (Å²) < 4.78 is 0. The number of aryl methyl sites for hydroxylation is 1. The molecule has 36 heavy (non-hydrogen) atoms. The molecule has 0 radical (unpaired) electrons. The molecule has 1 spiro atoms. The molecule has 1 saturated heterocycles. The summed E-state index contributed by atoms with van der Waals surface area (Å²) in [5.74, 6) is -0.766. The number of amides is 4. The van der Waals surface area contributed by atoms with Crippen LogP contribution in [0.4, 0.5) is 0 Å². The molecule has 1 unspecified atom stereocenters. The van der Waals surface area contributed by atoms with Gasteiger partial charge < -0.3 is 20.4 Å². The molecule has 0 bridgehead atoms. The number of hydrogen-bond donors (Lipinski definition) is 2. The summed E-state index contributed by atoms with van der Waals surface area (Å²) in [7, 11) is 0. The zero-order chi connectivity index (χ0) is 26.3. The molecule has 2 aliphatic rings. The van der Waals surface area contributed by atoms with Gasteiger partial charge in [-0.3, -0.25) is 19.2 Å². The van der Waals surface area contributed by atoms with E-state index in [9.17, 15) is 19.2 Å². The Morgan fingerprint density at radius 2 is 1.78 bits per heavy atom. The first-order chi connectivity index (χ1) is 17.1. The molecule has 1 aliphatic heterocycles. The molecule has 2 N–H and O–H groups in total. The van der Waals surface area contributed by atoms with E-state index in [0.29, 0.717) is 44.8 Å². The van der Waals surface area contributed by atoms with Crippen LogP contribution in [0.5, 0.6) is 0 Å². The molecule has 198 valence electrons. The predicted octanol–water partition coefficient (Wildman–Crippen LogP) is 2.60. The van der Waals surface area contributed by atoms with E-state index < -0.39 is 5.54 Å². The van der Waals surface area contributed by atoms with Gasteiger partial charge in [-0.05, 0) is 55.6 Å². The smallest absolute Gasteiger partial charge is 0.250 e. The summed E-state index contributed by atoms with van der Waals surface area (Å²) in [4.78, 5) is 56.4. The fraction of sp³-hybridized carbons (Fsp3) is 0.643. The lowest BCUT2D eigenvalue weighted by atomic mass is 9.75. The third-order valence-electron chi connectivity index (χ3n) is 7.15. The second kappa shape index (κ2) is 12.4. The second-order valence-electron chi connectivity index (χ2n) is 10.8. The SMILES string of the molecule is CC(C)CCN1CC(=O)NC2(CCCc3ccccc32)C(=O)NCCCCN(C(=O)C(C)C)CC1=O. The Morgan fingerprint density at radius 3 is 2.50 bits per heavy atom. The first-order valence-electron chi connectivity index (χ1n) is 13.4. The summed E-state index contributed by atoms with van der Waals surface area (Å²) in [5.41, 5.74) is 0.751. The van der Waals surface area contributed by atoms with Gasteiger partial charge >= 0.3 is 0 Å². The highest BCUT2D eigenvalue weighted by molar-refractivity contribution is 5.95. The van der Waals surface area contributed by atoms with Crippen molar-refractivity contribution >= 4 is 23.6 Å². The minimum atomic E-state index is -1.15. The molecule has 3 rings (SSSR count). The van der Waals surface area contributed by atoms with Crippen molar-refractivity contribution < 1.29 is 19.2 Å². The van der Waals surface area contributed by atoms with Crippen molar-refractivity contribution in [1.29, 1.82) is 0 Å². The summed E-state index contributed by atoms with van der Waals surface area (Å²) in [5, 5.41) is 6.10. The van der Waals surface area contributed by atoms with Crippen LogP contribution >= 0.6 is 0 Å². The number of fused-ring (bicyclic) bond motifs is 2. The van der Waals surface area contributed by atoms with Gasteiger partial charge in [0.15, 0.2) is 0 Å². The summed E-state index contributed by atoms with van der Waals surface area (Å²) in [6.45, 7) is 8.91. The van der Waals surface area contributed by atoms with E-state index in [2.05, 4.69) is 24.5 Å². The van der Waals surface area contributed by atoms with Gasteiger partial charge in [-0.1, -0.05) is 52.0 Å². The van der Waals surface area contributed by atoms with Gasteiger partial charge in [-0.25, -0.2) is 0 Å². The van der Waals surface area contributed by atoms with Crippen LogP contribution in [0, 0.1) is 11.8 Å². The van der Waals surface area contributed by atoms with Crippen molar-refractivity contribution in [1.82, 2.24) is 20.4 Å². The molecule has 8 nitrogen and oxygen atoms in total. The Hall–Kier alpha value is -2.90. The highest BCUT2D eigenvalue weighted by atomic mass is 16.2. The van der Waals surface area contributed by atoms with E-state index in [-0.39, 0.29) is 42.6 Å². The number of carbonyl (C=O) groups is 4. The summed E-state index contributed by atoms with van der Waals surface area (Å²) in [6, 6.07) is 7.79. The fourth-order valence-corrected chi connectivity index (χ4v) is 5.09. The average Bonchev–Trinajstić information content (AvgIpc) is 2.84. The van der Waals surface area contributed by atoms with Crippen molar-refractivity contribution in [3.8, 4) is 0 Å². The summed E-state index contributed by atoms with van der Waals surface area (Å²) >= 11 is 0. The van der Waals surface area contributed by atoms with Crippen molar-refractivity contribution in [2.45, 2.75) is 71.8 Å². The minimum Gasteiger partial charge on any atom is -0.354 e. The van der Waals surface area contributed by atoms with E-state index >= 15 is 0 Å². The Bertz CT molecular complexity index is 961. The number of nitrogens with zero attached hydrogens (tertiary/aromatic N) is 2. The zero-order valence-corrected chi connectivity index (χ0v) is 22.3. The normalized spacial score (nSPS) is 22.3. The third-order valence-corrected chi connectivity index (χ3v) is 7.15. The van der Waals surface area contributed by atoms with Crippen molar-refractivity contribution in [2.24, 2.45) is 11.8 Å². The maximum Gasteiger partial charge on any atom is 0.250 e. The standard InChI is InChI=1S/C28H42N4O4/c1-20(2)13-17-31-18-24(33)30-28(14-9-11-22-10-5-6-12-23(22)28)27(36)29-15-7-8-16-32(19-25(31)34)26(35)21(3)4/h5-6,10,12,20-21H,7-9,11,13-19H2,1-4H3,(H,29,36)(H,30,33). The van der Waals surface area contributed by atoms with Crippen molar-refractivity contribution in [3.05, 3.63) is 35.4 Å². The van der Waals surface area contributed by atoms with Crippen molar-refractivity contribution in [2.75, 3.05) is 32.7 Å². The predicted molar refractivity (Wildman–Crippen MR) is 139 cm³/mol. The molecule has 8 heteroatoms. The van der Waals surface area contributed by atoms with Crippen molar-refractivity contribution in [3.63, 3.8) is 0 Å². The molecule has 1 fully saturated rings. The Balaban J connectivity index is 1.92. The van der Waals surface area contributed by atoms with Gasteiger partial charge in [0, 0.05) is 25.6 Å². The molecule has 1 aromatic rings. The van der Waals surface area contributed by atoms with E-state index in [4.69, 9.17) is 0 Å². The fourth-order valence-electron chi connectivity index (χ4n) is 5.09. The van der Waals surface area contributed by atoms with E-state index in [1.54, 1.807) is 9.80 Å². The molecule has 1 aromatic carbocycles. The van der Waals surface area contributed by atoms with Gasteiger partial charge in [0.1, 0.15) is 5.54 Å². The lowest BCUT2D eigenvalue weighted by Crippen LogP contribution is -2.60. The van der Waals surface area contributed by atoms with Crippen LogP contribution in [0.25, 0.3) is 0 Å². The van der Waals surface area contributed by atoms with E-state index in [1.807, 2.05) is 38.1 Å². The van der Waals surface area contributed by atoms with Gasteiger partial charge in [0.05, 0.1) is 13.1 Å². The maximum atomic E-state index is 13.6. The zero-order valence-electron chi connectivity index (χ0n) is 22.3. The van der Waals surface area contributed by atoms with E-state index in [0.717, 1.165) is 30.4 Å². The molecule has 0 saturated carbocycles. The highest BCUT2D eigenvalue weighted by Crippen LogP contribution is 2.35. The van der Waals surface area contributed by atoms with Crippen LogP contribution in [0.15, 0.2) is 24.3 Å². The quantitative estimate of drug-likeness (QED) is 0.667. The Labute approximate surface area is 215 Å². The highest BCUT2D eigenvalue weighted by Gasteiger charge is 2.44. The first-order valence-corrected chi connectivity index (χ1v) is 13.4. The van der Waals surface area contributed by atoms with Crippen LogP contribution in [0.1, 0.15) is 70.9 Å². The lowest BCUT2D eigenvalue weighted by molar-refractivity contribution is -0.144. The first kappa shape index (κ1) is 27.7. The minimum absolute atomic E-state index is 0.0390. The lowest BCUT2D eigenvalue weighted by Gasteiger charge is -2.39. The Kier molecular flexibility index (Phi) is 9.51. The van der Waals surface area contributed by atoms with Crippen LogP contribution in [-0.2, 0) is 31.1 Å². The molecular weight excluding hydrogens is 456 g/mol. The number of hydrogen-bond acceptors (Lipinski definition) is 4. The molecule has 1 heterocycles. The number of rotatable bonds is 4. The van der Waals surface area contributed by atoms with Gasteiger partial charge in [0.2, 0.25) is 23.6 Å². The monoisotopic (exact) mass is 498 g/mol. The number of nitrogens with one attached hydrogen (secondary N) is 2. The Morgan fingerprint density at radius 1 is 1.03 bits per heavy atom. The maximum absolute atomic E-state index is 13.6. The number of benzene rings is 1. The molecule has 0 aromatic heterocycles. The summed E-state index contributed by atoms with van der Waals surface area (Å²) in [6.07, 6.45) is 4.25. The van der Waals surface area contributed by atoms with Crippen LogP contribution in [-0.4, -0.2) is 66.2 Å². The van der Waals surface area contributed by atoms with Gasteiger partial charge in [-0.2, -0.15) is 0 Å². The number of carbonyl (C=O) groups excluding carboxylic acids is 4. The average molecular weight is 499 g/mol. The largest absolute Gasteiger partial charge is 0.354 e. The molecular formula is C28H42N4O4. The van der Waals surface area contributed by atoms with Crippen LogP contribution in [0.2, 0.25) is 0 Å². The van der Waals surface area contributed by atoms with E-state index in [1.165, 1.54) is 0 Å². The second-order valence-corrected chi connectivity index (χ2v) is 10.8. The molecule has 4 amide bonds. The van der Waals surface area contributed by atoms with Crippen LogP contribution in [0.3, 0.4) is 0 Å². The van der Waals surface area contributed by atoms with Crippen LogP contribution < -0.4 is 10.6 Å². The van der Waals surface area contributed by atoms with Gasteiger partial charge in [-0.15, -0.1) is 0 Å².